The molecule has 0 radical (unpaired) electrons. The highest BCUT2D eigenvalue weighted by Gasteiger charge is 2.15. The molecule has 0 fully saturated rings. The second-order valence-corrected chi connectivity index (χ2v) is 7.97. The maximum absolute atomic E-state index is 12.4. The number of carbonyl (C=O) groups is 2. The van der Waals surface area contributed by atoms with Crippen LogP contribution in [0.2, 0.25) is 0 Å². The van der Waals surface area contributed by atoms with E-state index in [9.17, 15) is 9.59 Å². The number of para-hydroxylation sites is 1. The van der Waals surface area contributed by atoms with Crippen molar-refractivity contribution in [1.82, 2.24) is 14.9 Å². The first-order valence-electron chi connectivity index (χ1n) is 10.0. The largest absolute Gasteiger partial charge is 0.478 e. The van der Waals surface area contributed by atoms with Gasteiger partial charge in [-0.15, -0.1) is 0 Å². The van der Waals surface area contributed by atoms with Crippen molar-refractivity contribution in [2.75, 3.05) is 5.75 Å². The second kappa shape index (κ2) is 9.98. The third kappa shape index (κ3) is 5.07. The van der Waals surface area contributed by atoms with Crippen LogP contribution in [0.15, 0.2) is 96.3 Å². The number of thioether (sulfide) groups is 1. The summed E-state index contributed by atoms with van der Waals surface area (Å²) in [5.74, 6) is -0.882. The molecule has 1 aromatic heterocycles. The minimum absolute atomic E-state index is 0.124. The molecule has 0 aliphatic heterocycles. The summed E-state index contributed by atoms with van der Waals surface area (Å²) in [7, 11) is 0. The molecule has 0 aliphatic carbocycles. The number of hydrogen-bond donors (Lipinski definition) is 2. The van der Waals surface area contributed by atoms with E-state index in [4.69, 9.17) is 5.11 Å². The minimum Gasteiger partial charge on any atom is -0.478 e. The van der Waals surface area contributed by atoms with Gasteiger partial charge >= 0.3 is 5.97 Å². The van der Waals surface area contributed by atoms with Crippen LogP contribution in [0.1, 0.15) is 15.9 Å². The number of imidazole rings is 1. The van der Waals surface area contributed by atoms with Crippen molar-refractivity contribution >= 4 is 23.6 Å². The Kier molecular flexibility index (Phi) is 6.67. The Morgan fingerprint density at radius 2 is 1.56 bits per heavy atom. The van der Waals surface area contributed by atoms with E-state index in [1.807, 2.05) is 66.9 Å². The molecule has 4 rings (SSSR count). The number of aromatic carboxylic acids is 1. The van der Waals surface area contributed by atoms with Crippen LogP contribution in [-0.4, -0.2) is 32.3 Å². The summed E-state index contributed by atoms with van der Waals surface area (Å²) in [6.45, 7) is 0.335. The molecule has 0 saturated carbocycles. The summed E-state index contributed by atoms with van der Waals surface area (Å²) < 4.78 is 2.05. The molecule has 3 aromatic carbocycles. The quantitative estimate of drug-likeness (QED) is 0.388. The third-order valence-electron chi connectivity index (χ3n) is 4.84. The van der Waals surface area contributed by atoms with Gasteiger partial charge < -0.3 is 10.4 Å². The highest BCUT2D eigenvalue weighted by molar-refractivity contribution is 7.99. The number of amides is 1. The molecule has 0 aliphatic rings. The number of carbonyl (C=O) groups excluding carboxylic acids is 1. The summed E-state index contributed by atoms with van der Waals surface area (Å²) in [6, 6.07) is 26.4. The summed E-state index contributed by atoms with van der Waals surface area (Å²) in [4.78, 5) is 27.9. The Morgan fingerprint density at radius 1 is 0.906 bits per heavy atom. The predicted octanol–water partition coefficient (Wildman–Crippen LogP) is 4.65. The number of benzene rings is 3. The molecule has 1 heterocycles. The Labute approximate surface area is 189 Å². The topological polar surface area (TPSA) is 84.2 Å². The molecule has 0 atom stereocenters. The molecule has 0 spiro atoms. The van der Waals surface area contributed by atoms with E-state index in [2.05, 4.69) is 14.9 Å². The fraction of sp³-hybridized carbons (Fsp3) is 0.0800. The van der Waals surface area contributed by atoms with Crippen molar-refractivity contribution in [3.63, 3.8) is 0 Å². The lowest BCUT2D eigenvalue weighted by Crippen LogP contribution is -2.24. The standard InChI is InChI=1S/C25H21N3O3S/c29-23(26-15-18-11-13-20(14-12-18)24(30)31)17-32-25-27-16-22(19-7-3-1-4-8-19)28(25)21-9-5-2-6-10-21/h1-14,16H,15,17H2,(H,26,29)(H,30,31). The number of rotatable bonds is 8. The zero-order chi connectivity index (χ0) is 22.3. The predicted molar refractivity (Wildman–Crippen MR) is 125 cm³/mol. The Hall–Kier alpha value is -3.84. The van der Waals surface area contributed by atoms with Gasteiger partial charge in [0.25, 0.3) is 0 Å². The molecule has 4 aromatic rings. The molecule has 160 valence electrons. The van der Waals surface area contributed by atoms with E-state index in [0.717, 1.165) is 27.7 Å². The lowest BCUT2D eigenvalue weighted by Gasteiger charge is -2.12. The van der Waals surface area contributed by atoms with E-state index >= 15 is 0 Å². The van der Waals surface area contributed by atoms with Crippen LogP contribution in [0.5, 0.6) is 0 Å². The fourth-order valence-corrected chi connectivity index (χ4v) is 4.05. The molecule has 0 bridgehead atoms. The maximum Gasteiger partial charge on any atom is 0.335 e. The fourth-order valence-electron chi connectivity index (χ4n) is 3.22. The van der Waals surface area contributed by atoms with Crippen LogP contribution in [0.4, 0.5) is 0 Å². The third-order valence-corrected chi connectivity index (χ3v) is 5.79. The normalized spacial score (nSPS) is 10.6. The van der Waals surface area contributed by atoms with Gasteiger partial charge in [0.2, 0.25) is 5.91 Å². The SMILES string of the molecule is O=C(CSc1ncc(-c2ccccc2)n1-c1ccccc1)NCc1ccc(C(=O)O)cc1. The smallest absolute Gasteiger partial charge is 0.335 e. The minimum atomic E-state index is -0.972. The summed E-state index contributed by atoms with van der Waals surface area (Å²) >= 11 is 1.37. The van der Waals surface area contributed by atoms with E-state index in [0.29, 0.717) is 6.54 Å². The van der Waals surface area contributed by atoms with Crippen LogP contribution < -0.4 is 5.32 Å². The van der Waals surface area contributed by atoms with Crippen molar-refractivity contribution < 1.29 is 14.7 Å². The molecule has 0 saturated heterocycles. The van der Waals surface area contributed by atoms with Gasteiger partial charge in [0.05, 0.1) is 23.2 Å². The molecular weight excluding hydrogens is 422 g/mol. The summed E-state index contributed by atoms with van der Waals surface area (Å²) in [6.07, 6.45) is 1.83. The van der Waals surface area contributed by atoms with Gasteiger partial charge in [0.1, 0.15) is 0 Å². The van der Waals surface area contributed by atoms with Gasteiger partial charge in [0.15, 0.2) is 5.16 Å². The highest BCUT2D eigenvalue weighted by Crippen LogP contribution is 2.29. The number of hydrogen-bond acceptors (Lipinski definition) is 4. The number of nitrogens with one attached hydrogen (secondary N) is 1. The first-order valence-corrected chi connectivity index (χ1v) is 11.0. The first-order chi connectivity index (χ1) is 15.6. The number of nitrogens with zero attached hydrogens (tertiary/aromatic N) is 2. The van der Waals surface area contributed by atoms with E-state index in [-0.39, 0.29) is 17.2 Å². The van der Waals surface area contributed by atoms with Crippen molar-refractivity contribution in [3.8, 4) is 16.9 Å². The zero-order valence-corrected chi connectivity index (χ0v) is 18.0. The van der Waals surface area contributed by atoms with Crippen molar-refractivity contribution in [3.05, 3.63) is 102 Å². The summed E-state index contributed by atoms with van der Waals surface area (Å²) in [5.41, 5.74) is 4.04. The number of carboxylic acid groups (broad SMARTS) is 1. The van der Waals surface area contributed by atoms with Gasteiger partial charge in [0, 0.05) is 17.8 Å². The van der Waals surface area contributed by atoms with E-state index in [1.54, 1.807) is 12.1 Å². The maximum atomic E-state index is 12.4. The highest BCUT2D eigenvalue weighted by atomic mass is 32.2. The zero-order valence-electron chi connectivity index (χ0n) is 17.1. The van der Waals surface area contributed by atoms with Crippen LogP contribution in [-0.2, 0) is 11.3 Å². The Balaban J connectivity index is 1.45. The number of aromatic nitrogens is 2. The van der Waals surface area contributed by atoms with E-state index in [1.165, 1.54) is 23.9 Å². The van der Waals surface area contributed by atoms with Gasteiger partial charge in [-0.2, -0.15) is 0 Å². The molecule has 2 N–H and O–H groups in total. The van der Waals surface area contributed by atoms with Gasteiger partial charge in [-0.1, -0.05) is 72.4 Å². The van der Waals surface area contributed by atoms with Crippen molar-refractivity contribution in [2.45, 2.75) is 11.7 Å². The second-order valence-electron chi connectivity index (χ2n) is 7.03. The summed E-state index contributed by atoms with van der Waals surface area (Å²) in [5, 5.41) is 12.6. The Bertz CT molecular complexity index is 1210. The van der Waals surface area contributed by atoms with Crippen molar-refractivity contribution in [1.29, 1.82) is 0 Å². The van der Waals surface area contributed by atoms with Gasteiger partial charge in [-0.3, -0.25) is 9.36 Å². The Morgan fingerprint density at radius 3 is 2.22 bits per heavy atom. The van der Waals surface area contributed by atoms with Gasteiger partial charge in [-0.05, 0) is 29.8 Å². The molecular formula is C25H21N3O3S. The molecule has 7 heteroatoms. The van der Waals surface area contributed by atoms with Gasteiger partial charge in [-0.25, -0.2) is 9.78 Å². The average Bonchev–Trinajstić information content (AvgIpc) is 3.27. The average molecular weight is 444 g/mol. The van der Waals surface area contributed by atoms with Crippen LogP contribution in [0, 0.1) is 0 Å². The van der Waals surface area contributed by atoms with E-state index < -0.39 is 5.97 Å². The molecule has 0 unspecified atom stereocenters. The molecule has 6 nitrogen and oxygen atoms in total. The first kappa shape index (κ1) is 21.4. The molecule has 32 heavy (non-hydrogen) atoms. The van der Waals surface area contributed by atoms with Crippen LogP contribution in [0.25, 0.3) is 16.9 Å². The molecule has 1 amide bonds. The lowest BCUT2D eigenvalue weighted by molar-refractivity contribution is -0.118. The van der Waals surface area contributed by atoms with Crippen LogP contribution >= 0.6 is 11.8 Å². The number of carboxylic acids is 1. The van der Waals surface area contributed by atoms with Crippen molar-refractivity contribution in [2.24, 2.45) is 0 Å². The van der Waals surface area contributed by atoms with Crippen LogP contribution in [0.3, 0.4) is 0 Å². The monoisotopic (exact) mass is 443 g/mol. The lowest BCUT2D eigenvalue weighted by atomic mass is 10.1.